The molecule has 0 atom stereocenters. The second kappa shape index (κ2) is 8.23. The molecule has 0 unspecified atom stereocenters. The van der Waals surface area contributed by atoms with Crippen LogP contribution in [0.5, 0.6) is 0 Å². The first-order valence-electron chi connectivity index (χ1n) is 3.21. The molecular formula is C6H6Bi2Cl2N2Zr. The van der Waals surface area contributed by atoms with Gasteiger partial charge in [-0.05, 0) is 0 Å². The Hall–Kier alpha value is 2.05. The average Bonchev–Trinajstić information content (AvgIpc) is 2.60. The number of rotatable bonds is 2. The van der Waals surface area contributed by atoms with E-state index in [0.717, 1.165) is 0 Å². The summed E-state index contributed by atoms with van der Waals surface area (Å²) in [7, 11) is 0. The third-order valence-corrected chi connectivity index (χ3v) is 13.4. The van der Waals surface area contributed by atoms with Crippen LogP contribution in [0.4, 0.5) is 0 Å². The number of hydrogen-bond acceptors (Lipinski definition) is 2. The van der Waals surface area contributed by atoms with E-state index in [0.29, 0.717) is 0 Å². The molecule has 13 heavy (non-hydrogen) atoms. The van der Waals surface area contributed by atoms with Crippen molar-refractivity contribution < 1.29 is 48.0 Å². The van der Waals surface area contributed by atoms with Crippen molar-refractivity contribution in [1.29, 1.82) is 0 Å². The van der Waals surface area contributed by atoms with Gasteiger partial charge < -0.3 is 24.8 Å². The van der Waals surface area contributed by atoms with E-state index in [-0.39, 0.29) is 94.1 Å². The van der Waals surface area contributed by atoms with Crippen LogP contribution in [0.1, 0.15) is 0 Å². The smallest absolute Gasteiger partial charge is 1.00 e. The number of nitrogens with one attached hydrogen (secondary N) is 2. The zero-order valence-electron chi connectivity index (χ0n) is 6.46. The third kappa shape index (κ3) is 5.07. The Kier molecular flexibility index (Phi) is 9.53. The van der Waals surface area contributed by atoms with Crippen LogP contribution < -0.4 is 31.3 Å². The van der Waals surface area contributed by atoms with Crippen molar-refractivity contribution in [1.82, 2.24) is 6.52 Å². The quantitative estimate of drug-likeness (QED) is 0.283. The molecule has 2 rings (SSSR count). The summed E-state index contributed by atoms with van der Waals surface area (Å²) < 4.78 is 15.1. The number of allylic oxidation sites excluding steroid dienone is 2. The van der Waals surface area contributed by atoms with Gasteiger partial charge in [-0.2, -0.15) is 0 Å². The van der Waals surface area contributed by atoms with E-state index in [2.05, 4.69) is 26.1 Å². The SMILES string of the molecule is [CH]1=[Bi][NH][C]([Zr+2][C]2=C[CH]=[Bi][NH]2)=C1.[Cl-].[Cl-]. The first-order valence-corrected chi connectivity index (χ1v) is 13.2. The Morgan fingerprint density at radius 1 is 0.923 bits per heavy atom. The molecule has 2 N–H and O–H groups in total. The van der Waals surface area contributed by atoms with Gasteiger partial charge in [0.25, 0.3) is 0 Å². The summed E-state index contributed by atoms with van der Waals surface area (Å²) in [6, 6.07) is 0. The fourth-order valence-electron chi connectivity index (χ4n) is 0.796. The monoisotopic (exact) mass is 684 g/mol. The Balaban J connectivity index is 0.000000720. The molecule has 0 amide bonds. The molecule has 0 aromatic rings. The zero-order chi connectivity index (χ0) is 7.52. The van der Waals surface area contributed by atoms with Gasteiger partial charge in [-0.25, -0.2) is 0 Å². The van der Waals surface area contributed by atoms with E-state index in [1.54, 1.807) is 6.81 Å². The normalized spacial score (nSPS) is 15.7. The van der Waals surface area contributed by atoms with E-state index in [9.17, 15) is 0 Å². The number of hydrogen-bond donors (Lipinski definition) is 2. The predicted molar refractivity (Wildman–Crippen MR) is 46.1 cm³/mol. The summed E-state index contributed by atoms with van der Waals surface area (Å²) in [6.07, 6.45) is 4.66. The zero-order valence-corrected chi connectivity index (χ0v) is 17.4. The summed E-state index contributed by atoms with van der Waals surface area (Å²) in [6.45, 7) is 0. The Labute approximate surface area is 125 Å². The average molecular weight is 686 g/mol. The summed E-state index contributed by atoms with van der Waals surface area (Å²) in [5.41, 5.74) is 0. The standard InChI is InChI=1S/2C3H3N.2Bi.2ClH.Zr/c2*1-2-3-4;;;;;/h2*1-2,4H;;;2*1H;/q2*-1;2*+1;;;+2/p-2. The van der Waals surface area contributed by atoms with Crippen LogP contribution in [-0.2, 0) is 23.2 Å². The summed E-state index contributed by atoms with van der Waals surface area (Å²) in [5, 5.41) is 0. The Bertz CT molecular complexity index is 260. The fourth-order valence-corrected chi connectivity index (χ4v) is 14.7. The van der Waals surface area contributed by atoms with Crippen LogP contribution >= 0.6 is 0 Å². The van der Waals surface area contributed by atoms with Gasteiger partial charge in [0.15, 0.2) is 0 Å². The van der Waals surface area contributed by atoms with Gasteiger partial charge in [0.05, 0.1) is 0 Å². The second-order valence-electron chi connectivity index (χ2n) is 2.07. The molecule has 0 aromatic carbocycles. The molecule has 0 saturated carbocycles. The van der Waals surface area contributed by atoms with Crippen molar-refractivity contribution in [2.24, 2.45) is 0 Å². The third-order valence-electron chi connectivity index (χ3n) is 1.27. The van der Waals surface area contributed by atoms with Crippen molar-refractivity contribution in [3.8, 4) is 0 Å². The molecule has 2 heterocycles. The molecule has 2 aliphatic heterocycles. The molecule has 2 aliphatic rings. The van der Waals surface area contributed by atoms with E-state index < -0.39 is 0 Å². The topological polar surface area (TPSA) is 24.1 Å². The number of halogens is 2. The minimum Gasteiger partial charge on any atom is -1.00 e. The van der Waals surface area contributed by atoms with Crippen LogP contribution in [-0.4, -0.2) is 53.5 Å². The van der Waals surface area contributed by atoms with Crippen molar-refractivity contribution in [3.05, 3.63) is 19.0 Å². The van der Waals surface area contributed by atoms with E-state index in [1.807, 2.05) is 0 Å². The molecule has 0 spiro atoms. The van der Waals surface area contributed by atoms with Crippen LogP contribution in [0.25, 0.3) is 0 Å². The molecule has 0 aliphatic carbocycles. The largest absolute Gasteiger partial charge is 1.00 e. The van der Waals surface area contributed by atoms with Crippen LogP contribution in [0.2, 0.25) is 0 Å². The van der Waals surface area contributed by atoms with Gasteiger partial charge in [-0.1, -0.05) is 0 Å². The van der Waals surface area contributed by atoms with Crippen molar-refractivity contribution in [2.75, 3.05) is 0 Å². The minimum absolute atomic E-state index is 0. The van der Waals surface area contributed by atoms with Crippen molar-refractivity contribution in [3.63, 3.8) is 0 Å². The second-order valence-corrected chi connectivity index (χ2v) is 11.4. The first kappa shape index (κ1) is 15.0. The molecule has 7 heteroatoms. The molecule has 2 nitrogen and oxygen atoms in total. The van der Waals surface area contributed by atoms with Crippen LogP contribution in [0, 0.1) is 0 Å². The molecular weight excluding hydrogens is 680 g/mol. The Morgan fingerprint density at radius 2 is 1.38 bits per heavy atom. The maximum Gasteiger partial charge on any atom is -1.00 e. The van der Waals surface area contributed by atoms with Gasteiger partial charge in [0.1, 0.15) is 0 Å². The first-order chi connectivity index (χ1) is 5.45. The minimum atomic E-state index is -0.381. The van der Waals surface area contributed by atoms with E-state index >= 15 is 0 Å². The predicted octanol–water partition coefficient (Wildman–Crippen LogP) is -7.19. The van der Waals surface area contributed by atoms with Crippen molar-refractivity contribution in [2.45, 2.75) is 0 Å². The van der Waals surface area contributed by atoms with Gasteiger partial charge in [-0.15, -0.1) is 0 Å². The molecule has 68 valence electrons. The summed E-state index contributed by atoms with van der Waals surface area (Å²) in [4.78, 5) is 0. The molecule has 0 bridgehead atoms. The van der Waals surface area contributed by atoms with E-state index in [4.69, 9.17) is 0 Å². The molecule has 0 radical (unpaired) electrons. The maximum atomic E-state index is 3.57. The van der Waals surface area contributed by atoms with Crippen molar-refractivity contribution >= 4 is 53.5 Å². The fraction of sp³-hybridized carbons (Fsp3) is 0. The Morgan fingerprint density at radius 3 is 1.69 bits per heavy atom. The maximum absolute atomic E-state index is 3.57. The van der Waals surface area contributed by atoms with Gasteiger partial charge in [0.2, 0.25) is 0 Å². The summed E-state index contributed by atoms with van der Waals surface area (Å²) >= 11 is -1.06. The van der Waals surface area contributed by atoms with Gasteiger partial charge >= 0.3 is 102 Å². The molecule has 0 aromatic heterocycles. The van der Waals surface area contributed by atoms with E-state index in [1.165, 1.54) is 0 Å². The van der Waals surface area contributed by atoms with Gasteiger partial charge in [-0.3, -0.25) is 0 Å². The van der Waals surface area contributed by atoms with Gasteiger partial charge in [0, 0.05) is 0 Å². The van der Waals surface area contributed by atoms with Crippen LogP contribution in [0.15, 0.2) is 19.0 Å². The van der Waals surface area contributed by atoms with Crippen LogP contribution in [0.3, 0.4) is 0 Å². The molecule has 0 fully saturated rings. The molecule has 0 saturated heterocycles. The summed E-state index contributed by atoms with van der Waals surface area (Å²) in [5.74, 6) is 0.